The lowest BCUT2D eigenvalue weighted by atomic mass is 10.0. The first kappa shape index (κ1) is 24.2. The molecule has 3 heterocycles. The summed E-state index contributed by atoms with van der Waals surface area (Å²) in [6, 6.07) is 12.6. The Labute approximate surface area is 206 Å². The standard InChI is InChI=1S/C23H26BrN3O4S2/c1-3-19-20(16(2)26-33(28,29)22-8-7-21(24)32-22)9-10-25-23(19)31-18-6-4-5-17(15-18)27-11-13-30-14-12-27/h4-10,15-16,26H,3,11-14H2,1-2H3. The molecular formula is C23H26BrN3O4S2. The predicted molar refractivity (Wildman–Crippen MR) is 134 cm³/mol. The van der Waals surface area contributed by atoms with E-state index in [1.165, 1.54) is 11.3 Å². The van der Waals surface area contributed by atoms with Gasteiger partial charge in [-0.25, -0.2) is 18.1 Å². The minimum absolute atomic E-state index is 0.268. The Morgan fingerprint density at radius 2 is 2.03 bits per heavy atom. The number of nitrogens with zero attached hydrogens (tertiary/aromatic N) is 2. The predicted octanol–water partition coefficient (Wildman–Crippen LogP) is 5.14. The maximum atomic E-state index is 12.8. The Kier molecular flexibility index (Phi) is 7.70. The number of morpholine rings is 1. The molecule has 1 aliphatic rings. The van der Waals surface area contributed by atoms with Crippen LogP contribution in [0, 0.1) is 0 Å². The summed E-state index contributed by atoms with van der Waals surface area (Å²) in [4.78, 5) is 6.72. The van der Waals surface area contributed by atoms with Crippen molar-refractivity contribution in [1.82, 2.24) is 9.71 Å². The summed E-state index contributed by atoms with van der Waals surface area (Å²) < 4.78 is 41.1. The summed E-state index contributed by atoms with van der Waals surface area (Å²) in [6.07, 6.45) is 2.31. The highest BCUT2D eigenvalue weighted by Crippen LogP contribution is 2.32. The van der Waals surface area contributed by atoms with Crippen molar-refractivity contribution in [2.45, 2.75) is 30.5 Å². The fourth-order valence-electron chi connectivity index (χ4n) is 3.81. The van der Waals surface area contributed by atoms with E-state index in [0.717, 1.165) is 33.7 Å². The molecule has 1 N–H and O–H groups in total. The lowest BCUT2D eigenvalue weighted by molar-refractivity contribution is 0.122. The Balaban J connectivity index is 1.56. The second kappa shape index (κ2) is 10.5. The third-order valence-corrected chi connectivity index (χ3v) is 9.08. The average Bonchev–Trinajstić information content (AvgIpc) is 3.27. The van der Waals surface area contributed by atoms with Gasteiger partial charge in [-0.1, -0.05) is 13.0 Å². The van der Waals surface area contributed by atoms with E-state index < -0.39 is 16.1 Å². The molecule has 0 spiro atoms. The highest BCUT2D eigenvalue weighted by molar-refractivity contribution is 9.11. The van der Waals surface area contributed by atoms with Gasteiger partial charge in [0.25, 0.3) is 10.0 Å². The molecular weight excluding hydrogens is 526 g/mol. The van der Waals surface area contributed by atoms with Crippen molar-refractivity contribution in [3.05, 3.63) is 63.6 Å². The number of hydrogen-bond acceptors (Lipinski definition) is 7. The summed E-state index contributed by atoms with van der Waals surface area (Å²) in [7, 11) is -3.64. The van der Waals surface area contributed by atoms with Gasteiger partial charge < -0.3 is 14.4 Å². The highest BCUT2D eigenvalue weighted by atomic mass is 79.9. The van der Waals surface area contributed by atoms with E-state index in [9.17, 15) is 8.42 Å². The molecule has 1 saturated heterocycles. The number of thiophene rings is 1. The zero-order valence-electron chi connectivity index (χ0n) is 18.5. The average molecular weight is 553 g/mol. The van der Waals surface area contributed by atoms with Gasteiger partial charge in [0.05, 0.1) is 17.0 Å². The molecule has 1 unspecified atom stereocenters. The topological polar surface area (TPSA) is 80.8 Å². The molecule has 0 bridgehead atoms. The van der Waals surface area contributed by atoms with Crippen LogP contribution >= 0.6 is 27.3 Å². The zero-order chi connectivity index (χ0) is 23.4. The molecule has 7 nitrogen and oxygen atoms in total. The van der Waals surface area contributed by atoms with Crippen LogP contribution in [0.15, 0.2) is 56.7 Å². The second-order valence-corrected chi connectivity index (χ2v) is 12.0. The maximum Gasteiger partial charge on any atom is 0.250 e. The van der Waals surface area contributed by atoms with Gasteiger partial charge in [-0.05, 0) is 65.2 Å². The smallest absolute Gasteiger partial charge is 0.250 e. The number of sulfonamides is 1. The van der Waals surface area contributed by atoms with E-state index in [2.05, 4.69) is 36.6 Å². The SMILES string of the molecule is CCc1c(C(C)NS(=O)(=O)c2ccc(Br)s2)ccnc1Oc1cccc(N2CCOCC2)c1. The molecule has 1 aliphatic heterocycles. The van der Waals surface area contributed by atoms with E-state index in [4.69, 9.17) is 9.47 Å². The fourth-order valence-corrected chi connectivity index (χ4v) is 7.06. The molecule has 1 aromatic carbocycles. The van der Waals surface area contributed by atoms with Crippen LogP contribution in [0.1, 0.15) is 31.0 Å². The second-order valence-electron chi connectivity index (χ2n) is 7.64. The van der Waals surface area contributed by atoms with Crippen LogP contribution in [0.5, 0.6) is 11.6 Å². The molecule has 33 heavy (non-hydrogen) atoms. The third-order valence-electron chi connectivity index (χ3n) is 5.43. The number of anilines is 1. The van der Waals surface area contributed by atoms with Crippen LogP contribution in [0.3, 0.4) is 0 Å². The molecule has 0 aliphatic carbocycles. The Bertz CT molecular complexity index is 1210. The first-order valence-corrected chi connectivity index (χ1v) is 13.8. The zero-order valence-corrected chi connectivity index (χ0v) is 21.7. The van der Waals surface area contributed by atoms with Gasteiger partial charge in [0.2, 0.25) is 5.88 Å². The van der Waals surface area contributed by atoms with Crippen LogP contribution in [-0.4, -0.2) is 39.7 Å². The minimum Gasteiger partial charge on any atom is -0.439 e. The normalized spacial score (nSPS) is 15.4. The number of ether oxygens (including phenoxy) is 2. The van der Waals surface area contributed by atoms with Crippen molar-refractivity contribution < 1.29 is 17.9 Å². The van der Waals surface area contributed by atoms with Crippen molar-refractivity contribution in [3.63, 3.8) is 0 Å². The molecule has 3 aromatic rings. The van der Waals surface area contributed by atoms with Gasteiger partial charge in [0.1, 0.15) is 9.96 Å². The fraction of sp³-hybridized carbons (Fsp3) is 0.348. The van der Waals surface area contributed by atoms with E-state index in [-0.39, 0.29) is 4.21 Å². The summed E-state index contributed by atoms with van der Waals surface area (Å²) in [5.41, 5.74) is 2.79. The summed E-state index contributed by atoms with van der Waals surface area (Å²) in [5.74, 6) is 1.18. The van der Waals surface area contributed by atoms with Crippen molar-refractivity contribution >= 4 is 43.0 Å². The highest BCUT2D eigenvalue weighted by Gasteiger charge is 2.23. The number of halogens is 1. The van der Waals surface area contributed by atoms with Crippen LogP contribution in [0.2, 0.25) is 0 Å². The van der Waals surface area contributed by atoms with Gasteiger partial charge in [-0.15, -0.1) is 11.3 Å². The van der Waals surface area contributed by atoms with Crippen LogP contribution < -0.4 is 14.4 Å². The Morgan fingerprint density at radius 3 is 2.73 bits per heavy atom. The maximum absolute atomic E-state index is 12.8. The van der Waals surface area contributed by atoms with Crippen molar-refractivity contribution in [1.29, 1.82) is 0 Å². The van der Waals surface area contributed by atoms with Crippen molar-refractivity contribution in [2.24, 2.45) is 0 Å². The summed E-state index contributed by atoms with van der Waals surface area (Å²) >= 11 is 4.50. The lowest BCUT2D eigenvalue weighted by Crippen LogP contribution is -2.36. The van der Waals surface area contributed by atoms with Gasteiger partial charge >= 0.3 is 0 Å². The first-order chi connectivity index (χ1) is 15.9. The molecule has 0 radical (unpaired) electrons. The van der Waals surface area contributed by atoms with Gasteiger partial charge in [-0.3, -0.25) is 0 Å². The molecule has 1 atom stereocenters. The van der Waals surface area contributed by atoms with Crippen molar-refractivity contribution in [2.75, 3.05) is 31.2 Å². The van der Waals surface area contributed by atoms with E-state index in [1.54, 1.807) is 18.3 Å². The molecule has 0 amide bonds. The molecule has 4 rings (SSSR count). The first-order valence-electron chi connectivity index (χ1n) is 10.7. The minimum atomic E-state index is -3.64. The van der Waals surface area contributed by atoms with Gasteiger partial charge in [0.15, 0.2) is 0 Å². The number of rotatable bonds is 8. The number of hydrogen-bond donors (Lipinski definition) is 1. The van der Waals surface area contributed by atoms with Crippen LogP contribution in [0.4, 0.5) is 5.69 Å². The molecule has 1 fully saturated rings. The Morgan fingerprint density at radius 1 is 1.24 bits per heavy atom. The van der Waals surface area contributed by atoms with E-state index in [1.807, 2.05) is 38.1 Å². The largest absolute Gasteiger partial charge is 0.439 e. The summed E-state index contributed by atoms with van der Waals surface area (Å²) in [5, 5.41) is 0. The van der Waals surface area contributed by atoms with E-state index >= 15 is 0 Å². The third kappa shape index (κ3) is 5.75. The number of aromatic nitrogens is 1. The van der Waals surface area contributed by atoms with Crippen LogP contribution in [0.25, 0.3) is 0 Å². The molecule has 0 saturated carbocycles. The van der Waals surface area contributed by atoms with E-state index in [0.29, 0.717) is 31.3 Å². The van der Waals surface area contributed by atoms with Crippen LogP contribution in [-0.2, 0) is 21.2 Å². The van der Waals surface area contributed by atoms with Gasteiger partial charge in [0, 0.05) is 42.6 Å². The molecule has 10 heteroatoms. The molecule has 2 aromatic heterocycles. The lowest BCUT2D eigenvalue weighted by Gasteiger charge is -2.29. The quantitative estimate of drug-likeness (QED) is 0.417. The Hall–Kier alpha value is -1.98. The monoisotopic (exact) mass is 551 g/mol. The van der Waals surface area contributed by atoms with Crippen molar-refractivity contribution in [3.8, 4) is 11.6 Å². The molecule has 176 valence electrons. The number of pyridine rings is 1. The van der Waals surface area contributed by atoms with Gasteiger partial charge in [-0.2, -0.15) is 0 Å². The summed E-state index contributed by atoms with van der Waals surface area (Å²) in [6.45, 7) is 6.95. The number of nitrogens with one attached hydrogen (secondary N) is 1. The number of benzene rings is 1.